The Morgan fingerprint density at radius 2 is 2.07 bits per heavy atom. The van der Waals surface area contributed by atoms with E-state index >= 15 is 0 Å². The summed E-state index contributed by atoms with van der Waals surface area (Å²) < 4.78 is 12.8. The molecule has 9 heteroatoms. The molecule has 0 bridgehead atoms. The van der Waals surface area contributed by atoms with Gasteiger partial charge in [-0.1, -0.05) is 18.2 Å². The standard InChI is InChI=1S/C20H24N6O3/c1-28-17-7-3-2-6-16(17)18(25-10-8-14(9-11-25)19(21)27)20-22-23-24-26(20)13-15-5-4-12-29-15/h2-7,12,14,18H,8-11,13H2,1H3,(H2,21,27). The van der Waals surface area contributed by atoms with Crippen molar-refractivity contribution in [2.45, 2.75) is 25.4 Å². The summed E-state index contributed by atoms with van der Waals surface area (Å²) in [5.41, 5.74) is 6.49. The Hall–Kier alpha value is -3.20. The summed E-state index contributed by atoms with van der Waals surface area (Å²) in [4.78, 5) is 13.9. The lowest BCUT2D eigenvalue weighted by atomic mass is 9.93. The number of tetrazole rings is 1. The van der Waals surface area contributed by atoms with E-state index in [1.54, 1.807) is 18.1 Å². The summed E-state index contributed by atoms with van der Waals surface area (Å²) in [6, 6.07) is 11.4. The third-order valence-corrected chi connectivity index (χ3v) is 5.42. The highest BCUT2D eigenvalue weighted by Crippen LogP contribution is 2.36. The summed E-state index contributed by atoms with van der Waals surface area (Å²) in [6.07, 6.45) is 3.05. The largest absolute Gasteiger partial charge is 0.496 e. The molecule has 29 heavy (non-hydrogen) atoms. The molecule has 152 valence electrons. The van der Waals surface area contributed by atoms with Gasteiger partial charge in [0.05, 0.1) is 13.4 Å². The number of methoxy groups -OCH3 is 1. The van der Waals surface area contributed by atoms with Crippen LogP contribution in [0.3, 0.4) is 0 Å². The normalized spacial score (nSPS) is 16.6. The summed E-state index contributed by atoms with van der Waals surface area (Å²) in [6.45, 7) is 1.85. The summed E-state index contributed by atoms with van der Waals surface area (Å²) >= 11 is 0. The fraction of sp³-hybridized carbons (Fsp3) is 0.400. The second-order valence-corrected chi connectivity index (χ2v) is 7.13. The molecule has 1 unspecified atom stereocenters. The van der Waals surface area contributed by atoms with Crippen LogP contribution >= 0.6 is 0 Å². The summed E-state index contributed by atoms with van der Waals surface area (Å²) in [5.74, 6) is 1.90. The fourth-order valence-corrected chi connectivity index (χ4v) is 3.90. The topological polar surface area (TPSA) is 112 Å². The number of nitrogens with two attached hydrogens (primary N) is 1. The van der Waals surface area contributed by atoms with Gasteiger partial charge in [0.25, 0.3) is 0 Å². The van der Waals surface area contributed by atoms with Gasteiger partial charge in [0, 0.05) is 11.5 Å². The van der Waals surface area contributed by atoms with E-state index in [4.69, 9.17) is 14.9 Å². The molecule has 3 aromatic rings. The van der Waals surface area contributed by atoms with Crippen LogP contribution in [0.2, 0.25) is 0 Å². The van der Waals surface area contributed by atoms with E-state index in [2.05, 4.69) is 20.4 Å². The van der Waals surface area contributed by atoms with Crippen LogP contribution in [0.25, 0.3) is 0 Å². The molecule has 1 aliphatic heterocycles. The van der Waals surface area contributed by atoms with Crippen LogP contribution in [-0.2, 0) is 11.3 Å². The molecule has 0 radical (unpaired) electrons. The quantitative estimate of drug-likeness (QED) is 0.645. The lowest BCUT2D eigenvalue weighted by molar-refractivity contribution is -0.123. The van der Waals surface area contributed by atoms with Gasteiger partial charge in [0.1, 0.15) is 24.1 Å². The predicted octanol–water partition coefficient (Wildman–Crippen LogP) is 1.61. The number of carbonyl (C=O) groups excluding carboxylic acids is 1. The van der Waals surface area contributed by atoms with Crippen LogP contribution in [0.15, 0.2) is 47.1 Å². The molecule has 1 amide bonds. The number of hydrogen-bond donors (Lipinski definition) is 1. The van der Waals surface area contributed by atoms with Gasteiger partial charge in [-0.25, -0.2) is 4.68 Å². The minimum atomic E-state index is -0.235. The minimum Gasteiger partial charge on any atom is -0.496 e. The first-order valence-corrected chi connectivity index (χ1v) is 9.62. The summed E-state index contributed by atoms with van der Waals surface area (Å²) in [7, 11) is 1.65. The number of carbonyl (C=O) groups is 1. The van der Waals surface area contributed by atoms with Crippen molar-refractivity contribution >= 4 is 5.91 Å². The molecule has 9 nitrogen and oxygen atoms in total. The van der Waals surface area contributed by atoms with E-state index in [-0.39, 0.29) is 17.9 Å². The highest BCUT2D eigenvalue weighted by molar-refractivity contribution is 5.76. The number of rotatable bonds is 7. The van der Waals surface area contributed by atoms with Crippen molar-refractivity contribution in [3.8, 4) is 5.75 Å². The van der Waals surface area contributed by atoms with Crippen molar-refractivity contribution in [3.05, 3.63) is 59.8 Å². The molecule has 1 atom stereocenters. The van der Waals surface area contributed by atoms with E-state index in [0.717, 1.165) is 17.1 Å². The van der Waals surface area contributed by atoms with Crippen LogP contribution in [0.1, 0.15) is 36.0 Å². The van der Waals surface area contributed by atoms with E-state index < -0.39 is 0 Å². The van der Waals surface area contributed by atoms with Crippen molar-refractivity contribution in [2.24, 2.45) is 11.7 Å². The SMILES string of the molecule is COc1ccccc1C(c1nnnn1Cc1ccco1)N1CCC(C(N)=O)CC1. The van der Waals surface area contributed by atoms with Crippen molar-refractivity contribution in [1.82, 2.24) is 25.1 Å². The first-order chi connectivity index (χ1) is 14.2. The Labute approximate surface area is 168 Å². The molecule has 3 heterocycles. The Morgan fingerprint density at radius 3 is 2.76 bits per heavy atom. The average molecular weight is 396 g/mol. The lowest BCUT2D eigenvalue weighted by Crippen LogP contribution is -2.41. The smallest absolute Gasteiger partial charge is 0.220 e. The maximum Gasteiger partial charge on any atom is 0.220 e. The molecular weight excluding hydrogens is 372 g/mol. The molecular formula is C20H24N6O3. The van der Waals surface area contributed by atoms with E-state index in [9.17, 15) is 4.79 Å². The zero-order valence-electron chi connectivity index (χ0n) is 16.3. The number of aromatic nitrogens is 4. The average Bonchev–Trinajstić information content (AvgIpc) is 3.42. The van der Waals surface area contributed by atoms with E-state index in [1.165, 1.54) is 0 Å². The number of benzene rings is 1. The number of primary amides is 1. The van der Waals surface area contributed by atoms with Gasteiger partial charge in [-0.2, -0.15) is 0 Å². The maximum absolute atomic E-state index is 11.6. The molecule has 1 aromatic carbocycles. The zero-order valence-corrected chi connectivity index (χ0v) is 16.3. The molecule has 1 fully saturated rings. The van der Waals surface area contributed by atoms with Gasteiger partial charge in [0.15, 0.2) is 5.82 Å². The molecule has 2 N–H and O–H groups in total. The van der Waals surface area contributed by atoms with Crippen LogP contribution in [0.5, 0.6) is 5.75 Å². The van der Waals surface area contributed by atoms with Crippen LogP contribution in [0, 0.1) is 5.92 Å². The highest BCUT2D eigenvalue weighted by Gasteiger charge is 2.34. The number of furan rings is 1. The Kier molecular flexibility index (Phi) is 5.57. The summed E-state index contributed by atoms with van der Waals surface area (Å²) in [5, 5.41) is 12.5. The number of para-hydroxylation sites is 1. The van der Waals surface area contributed by atoms with E-state index in [1.807, 2.05) is 36.4 Å². The van der Waals surface area contributed by atoms with Crippen molar-refractivity contribution in [1.29, 1.82) is 0 Å². The van der Waals surface area contributed by atoms with Gasteiger partial charge < -0.3 is 14.9 Å². The molecule has 0 aliphatic carbocycles. The van der Waals surface area contributed by atoms with Gasteiger partial charge in [-0.05, 0) is 54.6 Å². The third-order valence-electron chi connectivity index (χ3n) is 5.42. The van der Waals surface area contributed by atoms with Crippen molar-refractivity contribution in [2.75, 3.05) is 20.2 Å². The van der Waals surface area contributed by atoms with Gasteiger partial charge in [0.2, 0.25) is 5.91 Å². The number of piperidine rings is 1. The molecule has 2 aromatic heterocycles. The maximum atomic E-state index is 11.6. The Bertz CT molecular complexity index is 947. The molecule has 4 rings (SSSR count). The fourth-order valence-electron chi connectivity index (χ4n) is 3.90. The van der Waals surface area contributed by atoms with Crippen molar-refractivity contribution in [3.63, 3.8) is 0 Å². The number of nitrogens with zero attached hydrogens (tertiary/aromatic N) is 5. The second kappa shape index (κ2) is 8.44. The Balaban J connectivity index is 1.70. The van der Waals surface area contributed by atoms with E-state index in [0.29, 0.717) is 38.3 Å². The predicted molar refractivity (Wildman–Crippen MR) is 104 cm³/mol. The first kappa shape index (κ1) is 19.1. The zero-order chi connectivity index (χ0) is 20.2. The molecule has 1 aliphatic rings. The number of ether oxygens (including phenoxy) is 1. The second-order valence-electron chi connectivity index (χ2n) is 7.13. The highest BCUT2D eigenvalue weighted by atomic mass is 16.5. The number of hydrogen-bond acceptors (Lipinski definition) is 7. The molecule has 0 spiro atoms. The number of amides is 1. The molecule has 1 saturated heterocycles. The van der Waals surface area contributed by atoms with Gasteiger partial charge in [-0.3, -0.25) is 9.69 Å². The van der Waals surface area contributed by atoms with Gasteiger partial charge >= 0.3 is 0 Å². The van der Waals surface area contributed by atoms with Crippen LogP contribution < -0.4 is 10.5 Å². The number of likely N-dealkylation sites (tertiary alicyclic amines) is 1. The van der Waals surface area contributed by atoms with Crippen LogP contribution in [0.4, 0.5) is 0 Å². The minimum absolute atomic E-state index is 0.0938. The monoisotopic (exact) mass is 396 g/mol. The first-order valence-electron chi connectivity index (χ1n) is 9.62. The molecule has 0 saturated carbocycles. The lowest BCUT2D eigenvalue weighted by Gasteiger charge is -2.36. The van der Waals surface area contributed by atoms with Crippen molar-refractivity contribution < 1.29 is 13.9 Å². The van der Waals surface area contributed by atoms with Crippen LogP contribution in [-0.4, -0.2) is 51.2 Å². The Morgan fingerprint density at radius 1 is 1.28 bits per heavy atom. The third kappa shape index (κ3) is 4.00. The van der Waals surface area contributed by atoms with Gasteiger partial charge in [-0.15, -0.1) is 5.10 Å².